The van der Waals surface area contributed by atoms with Crippen LogP contribution >= 0.6 is 11.6 Å². The fraction of sp³-hybridized carbons (Fsp3) is 0.500. The number of hydrogen-bond acceptors (Lipinski definition) is 4. The Bertz CT molecular complexity index is 508. The molecule has 0 radical (unpaired) electrons. The highest BCUT2D eigenvalue weighted by molar-refractivity contribution is 7.91. The third-order valence-corrected chi connectivity index (χ3v) is 4.62. The van der Waals surface area contributed by atoms with Crippen LogP contribution in [0.2, 0.25) is 5.02 Å². The molecule has 0 saturated heterocycles. The molecule has 0 amide bonds. The molecule has 0 saturated carbocycles. The van der Waals surface area contributed by atoms with E-state index in [9.17, 15) is 17.2 Å². The first kappa shape index (κ1) is 17.3. The second kappa shape index (κ2) is 7.87. The highest BCUT2D eigenvalue weighted by Gasteiger charge is 2.18. The number of sulfone groups is 1. The van der Waals surface area contributed by atoms with Gasteiger partial charge in [-0.1, -0.05) is 11.6 Å². The van der Waals surface area contributed by atoms with E-state index >= 15 is 0 Å². The van der Waals surface area contributed by atoms with Crippen molar-refractivity contribution in [2.45, 2.75) is 11.3 Å². The number of alkyl halides is 2. The molecule has 1 rings (SSSR count). The van der Waals surface area contributed by atoms with Crippen LogP contribution in [0.25, 0.3) is 0 Å². The first-order valence-corrected chi connectivity index (χ1v) is 7.98. The van der Waals surface area contributed by atoms with Gasteiger partial charge in [-0.15, -0.1) is 0 Å². The van der Waals surface area contributed by atoms with Crippen molar-refractivity contribution in [2.75, 3.05) is 32.0 Å². The molecule has 1 N–H and O–H groups in total. The van der Waals surface area contributed by atoms with Gasteiger partial charge in [0.25, 0.3) is 6.43 Å². The predicted octanol–water partition coefficient (Wildman–Crippen LogP) is 1.67. The zero-order valence-electron chi connectivity index (χ0n) is 10.7. The maximum atomic E-state index is 12.3. The van der Waals surface area contributed by atoms with E-state index in [0.29, 0.717) is 5.02 Å². The summed E-state index contributed by atoms with van der Waals surface area (Å²) in [7, 11) is -3.55. The van der Waals surface area contributed by atoms with Crippen LogP contribution < -0.4 is 0 Å². The SMILES string of the molecule is O=S(=O)(CCN(CCO)CC(F)F)c1ccc(Cl)cc1. The second-order valence-electron chi connectivity index (χ2n) is 4.19. The molecule has 20 heavy (non-hydrogen) atoms. The van der Waals surface area contributed by atoms with Crippen LogP contribution in [0.1, 0.15) is 0 Å². The average Bonchev–Trinajstić information content (AvgIpc) is 2.36. The molecule has 0 unspecified atom stereocenters. The van der Waals surface area contributed by atoms with E-state index in [0.717, 1.165) is 0 Å². The van der Waals surface area contributed by atoms with Crippen LogP contribution in [0.4, 0.5) is 8.78 Å². The van der Waals surface area contributed by atoms with Crippen molar-refractivity contribution in [1.29, 1.82) is 0 Å². The lowest BCUT2D eigenvalue weighted by Crippen LogP contribution is -2.35. The van der Waals surface area contributed by atoms with E-state index in [1.807, 2.05) is 0 Å². The summed E-state index contributed by atoms with van der Waals surface area (Å²) in [6.07, 6.45) is -2.57. The standard InChI is InChI=1S/C12H16ClF2NO3S/c13-10-1-3-11(4-2-10)20(18,19)8-6-16(5-7-17)9-12(14)15/h1-4,12,17H,5-9H2. The van der Waals surface area contributed by atoms with Crippen LogP contribution in [0.5, 0.6) is 0 Å². The summed E-state index contributed by atoms with van der Waals surface area (Å²) in [5, 5.41) is 9.20. The quantitative estimate of drug-likeness (QED) is 0.789. The van der Waals surface area contributed by atoms with E-state index < -0.39 is 22.8 Å². The molecule has 114 valence electrons. The van der Waals surface area contributed by atoms with Gasteiger partial charge in [0.1, 0.15) is 0 Å². The van der Waals surface area contributed by atoms with E-state index in [1.54, 1.807) is 0 Å². The third kappa shape index (κ3) is 5.70. The molecule has 0 aliphatic carbocycles. The minimum Gasteiger partial charge on any atom is -0.395 e. The van der Waals surface area contributed by atoms with Gasteiger partial charge in [-0.3, -0.25) is 4.90 Å². The molecule has 1 aromatic carbocycles. The summed E-state index contributed by atoms with van der Waals surface area (Å²) >= 11 is 5.67. The highest BCUT2D eigenvalue weighted by Crippen LogP contribution is 2.15. The number of benzene rings is 1. The molecular weight excluding hydrogens is 312 g/mol. The van der Waals surface area contributed by atoms with Crippen molar-refractivity contribution in [2.24, 2.45) is 0 Å². The normalized spacial score (nSPS) is 12.3. The van der Waals surface area contributed by atoms with Crippen molar-refractivity contribution in [3.8, 4) is 0 Å². The number of aliphatic hydroxyl groups excluding tert-OH is 1. The van der Waals surface area contributed by atoms with Gasteiger partial charge in [-0.2, -0.15) is 0 Å². The molecule has 8 heteroatoms. The molecule has 0 bridgehead atoms. The molecular formula is C12H16ClF2NO3S. The maximum absolute atomic E-state index is 12.3. The van der Waals surface area contributed by atoms with E-state index in [-0.39, 0.29) is 30.3 Å². The Morgan fingerprint density at radius 2 is 1.80 bits per heavy atom. The Morgan fingerprint density at radius 1 is 1.20 bits per heavy atom. The molecule has 0 aromatic heterocycles. The van der Waals surface area contributed by atoms with Crippen molar-refractivity contribution in [3.63, 3.8) is 0 Å². The molecule has 0 fully saturated rings. The molecule has 0 atom stereocenters. The van der Waals surface area contributed by atoms with Gasteiger partial charge >= 0.3 is 0 Å². The maximum Gasteiger partial charge on any atom is 0.251 e. The van der Waals surface area contributed by atoms with Gasteiger partial charge in [0.2, 0.25) is 0 Å². The van der Waals surface area contributed by atoms with Gasteiger partial charge in [0.05, 0.1) is 23.8 Å². The Kier molecular flexibility index (Phi) is 6.81. The fourth-order valence-electron chi connectivity index (χ4n) is 1.64. The lowest BCUT2D eigenvalue weighted by molar-refractivity contribution is 0.0815. The van der Waals surface area contributed by atoms with Crippen LogP contribution in [0.3, 0.4) is 0 Å². The summed E-state index contributed by atoms with van der Waals surface area (Å²) in [6, 6.07) is 5.67. The number of hydrogen-bond donors (Lipinski definition) is 1. The fourth-order valence-corrected chi connectivity index (χ4v) is 3.05. The zero-order valence-corrected chi connectivity index (χ0v) is 12.2. The summed E-state index contributed by atoms with van der Waals surface area (Å²) in [4.78, 5) is 1.32. The van der Waals surface area contributed by atoms with Crippen molar-refractivity contribution >= 4 is 21.4 Å². The summed E-state index contributed by atoms with van der Waals surface area (Å²) in [5.41, 5.74) is 0. The summed E-state index contributed by atoms with van der Waals surface area (Å²) in [6.45, 7) is -0.902. The average molecular weight is 328 g/mol. The lowest BCUT2D eigenvalue weighted by Gasteiger charge is -2.20. The molecule has 4 nitrogen and oxygen atoms in total. The Hall–Kier alpha value is -0.760. The topological polar surface area (TPSA) is 57.6 Å². The first-order valence-electron chi connectivity index (χ1n) is 5.95. The smallest absolute Gasteiger partial charge is 0.251 e. The zero-order chi connectivity index (χ0) is 15.2. The van der Waals surface area contributed by atoms with Gasteiger partial charge in [-0.05, 0) is 24.3 Å². The van der Waals surface area contributed by atoms with Crippen LogP contribution in [-0.2, 0) is 9.84 Å². The predicted molar refractivity (Wildman–Crippen MR) is 73.0 cm³/mol. The van der Waals surface area contributed by atoms with Crippen LogP contribution in [-0.4, -0.2) is 56.8 Å². The minimum absolute atomic E-state index is 0.0144. The van der Waals surface area contributed by atoms with Crippen molar-refractivity contribution in [1.82, 2.24) is 4.90 Å². The first-order chi connectivity index (χ1) is 9.35. The highest BCUT2D eigenvalue weighted by atomic mass is 35.5. The Labute approximate surface area is 121 Å². The van der Waals surface area contributed by atoms with Crippen LogP contribution in [0.15, 0.2) is 29.2 Å². The number of rotatable bonds is 8. The summed E-state index contributed by atoms with van der Waals surface area (Å²) in [5.74, 6) is -0.290. The molecule has 0 aliphatic rings. The van der Waals surface area contributed by atoms with Gasteiger partial charge in [0.15, 0.2) is 9.84 Å². The molecule has 1 aromatic rings. The number of nitrogens with zero attached hydrogens (tertiary/aromatic N) is 1. The minimum atomic E-state index is -3.55. The molecule has 0 spiro atoms. The number of halogens is 3. The van der Waals surface area contributed by atoms with Crippen LogP contribution in [0, 0.1) is 0 Å². The molecule has 0 heterocycles. The van der Waals surface area contributed by atoms with Gasteiger partial charge < -0.3 is 5.11 Å². The second-order valence-corrected chi connectivity index (χ2v) is 6.73. The largest absolute Gasteiger partial charge is 0.395 e. The summed E-state index contributed by atoms with van der Waals surface area (Å²) < 4.78 is 48.7. The van der Waals surface area contributed by atoms with Gasteiger partial charge in [-0.25, -0.2) is 17.2 Å². The van der Waals surface area contributed by atoms with E-state index in [1.165, 1.54) is 29.2 Å². The van der Waals surface area contributed by atoms with Crippen molar-refractivity contribution in [3.05, 3.63) is 29.3 Å². The third-order valence-electron chi connectivity index (χ3n) is 2.66. The van der Waals surface area contributed by atoms with Gasteiger partial charge in [0, 0.05) is 18.1 Å². The number of aliphatic hydroxyl groups is 1. The monoisotopic (exact) mass is 327 g/mol. The molecule has 0 aliphatic heterocycles. The Morgan fingerprint density at radius 3 is 2.30 bits per heavy atom. The lowest BCUT2D eigenvalue weighted by atomic mass is 10.4. The van der Waals surface area contributed by atoms with Crippen molar-refractivity contribution < 1.29 is 22.3 Å². The van der Waals surface area contributed by atoms with E-state index in [2.05, 4.69) is 0 Å². The van der Waals surface area contributed by atoms with E-state index in [4.69, 9.17) is 16.7 Å². The Balaban J connectivity index is 2.67.